The molecule has 0 aliphatic rings. The molecular formula is C18H35NO7. The molecule has 0 radical (unpaired) electrons. The van der Waals surface area contributed by atoms with E-state index in [0.29, 0.717) is 13.2 Å². The summed E-state index contributed by atoms with van der Waals surface area (Å²) in [5, 5.41) is 20.7. The molecule has 0 heterocycles. The highest BCUT2D eigenvalue weighted by molar-refractivity contribution is 5.80. The van der Waals surface area contributed by atoms with Crippen molar-refractivity contribution in [2.24, 2.45) is 10.8 Å². The van der Waals surface area contributed by atoms with E-state index >= 15 is 0 Å². The Balaban J connectivity index is 4.36. The number of carbonyl (C=O) groups excluding carboxylic acids is 1. The van der Waals surface area contributed by atoms with Gasteiger partial charge in [0.25, 0.3) is 0 Å². The second-order valence-corrected chi connectivity index (χ2v) is 9.03. The first kappa shape index (κ1) is 24.6. The highest BCUT2D eigenvalue weighted by atomic mass is 16.6. The summed E-state index contributed by atoms with van der Waals surface area (Å²) < 4.78 is 16.2. The largest absolute Gasteiger partial charge is 0.480 e. The normalized spacial score (nSPS) is 14.0. The first-order valence-corrected chi connectivity index (χ1v) is 8.66. The van der Waals surface area contributed by atoms with Crippen LogP contribution in [0.15, 0.2) is 0 Å². The topological polar surface area (TPSA) is 114 Å². The Labute approximate surface area is 156 Å². The number of carbonyl (C=O) groups is 2. The number of rotatable bonds is 11. The molecule has 1 amide bonds. The summed E-state index contributed by atoms with van der Waals surface area (Å²) in [6.45, 7) is 13.6. The predicted octanol–water partition coefficient (Wildman–Crippen LogP) is 2.04. The maximum Gasteiger partial charge on any atom is 0.408 e. The number of aliphatic hydroxyl groups excluding tert-OH is 1. The molecule has 0 saturated carbocycles. The summed E-state index contributed by atoms with van der Waals surface area (Å²) in [4.78, 5) is 23.0. The number of ether oxygens (including phenoxy) is 3. The van der Waals surface area contributed by atoms with Crippen molar-refractivity contribution in [2.75, 3.05) is 33.0 Å². The lowest BCUT2D eigenvalue weighted by molar-refractivity contribution is -0.141. The van der Waals surface area contributed by atoms with Gasteiger partial charge < -0.3 is 29.7 Å². The molecule has 154 valence electrons. The predicted molar refractivity (Wildman–Crippen MR) is 97.1 cm³/mol. The van der Waals surface area contributed by atoms with Gasteiger partial charge in [0.1, 0.15) is 5.60 Å². The molecule has 0 aromatic carbocycles. The van der Waals surface area contributed by atoms with Crippen LogP contribution >= 0.6 is 0 Å². The van der Waals surface area contributed by atoms with Crippen LogP contribution in [0.1, 0.15) is 48.5 Å². The maximum absolute atomic E-state index is 11.7. The van der Waals surface area contributed by atoms with E-state index in [1.165, 1.54) is 0 Å². The molecule has 0 aliphatic carbocycles. The first-order chi connectivity index (χ1) is 11.7. The van der Waals surface area contributed by atoms with E-state index < -0.39 is 23.7 Å². The van der Waals surface area contributed by atoms with Crippen molar-refractivity contribution in [1.82, 2.24) is 5.32 Å². The molecule has 26 heavy (non-hydrogen) atoms. The minimum absolute atomic E-state index is 0.0283. The lowest BCUT2D eigenvalue weighted by Gasteiger charge is -2.28. The number of carboxylic acid groups (broad SMARTS) is 1. The molecule has 8 heteroatoms. The Hall–Kier alpha value is -1.38. The average molecular weight is 377 g/mol. The van der Waals surface area contributed by atoms with Gasteiger partial charge in [-0.2, -0.15) is 0 Å². The second kappa shape index (κ2) is 10.1. The summed E-state index contributed by atoms with van der Waals surface area (Å²) in [5.74, 6) is -1.20. The van der Waals surface area contributed by atoms with Crippen LogP contribution in [0, 0.1) is 10.8 Å². The van der Waals surface area contributed by atoms with Crippen LogP contribution in [0.3, 0.4) is 0 Å². The van der Waals surface area contributed by atoms with E-state index in [4.69, 9.17) is 14.2 Å². The summed E-state index contributed by atoms with van der Waals surface area (Å²) in [6.07, 6.45) is -0.803. The van der Waals surface area contributed by atoms with Crippen LogP contribution in [0.25, 0.3) is 0 Å². The molecule has 0 fully saturated rings. The van der Waals surface area contributed by atoms with Gasteiger partial charge in [0.05, 0.1) is 33.0 Å². The molecule has 0 rings (SSSR count). The van der Waals surface area contributed by atoms with Crippen LogP contribution < -0.4 is 5.32 Å². The molecule has 8 nitrogen and oxygen atoms in total. The maximum atomic E-state index is 11.7. The number of amides is 1. The monoisotopic (exact) mass is 377 g/mol. The van der Waals surface area contributed by atoms with Gasteiger partial charge in [-0.15, -0.1) is 0 Å². The van der Waals surface area contributed by atoms with Crippen molar-refractivity contribution in [3.8, 4) is 0 Å². The SMILES string of the molecule is CC(C)(CO)COCC(C)(C)COCC(NC(=O)OC(C)(C)C)C(=O)O. The van der Waals surface area contributed by atoms with Crippen LogP contribution in [0.2, 0.25) is 0 Å². The van der Waals surface area contributed by atoms with Gasteiger partial charge in [0.2, 0.25) is 0 Å². The minimum atomic E-state index is -1.20. The van der Waals surface area contributed by atoms with Gasteiger partial charge in [-0.05, 0) is 20.8 Å². The Bertz CT molecular complexity index is 455. The summed E-state index contributed by atoms with van der Waals surface area (Å²) >= 11 is 0. The van der Waals surface area contributed by atoms with Crippen molar-refractivity contribution >= 4 is 12.1 Å². The number of aliphatic carboxylic acids is 1. The fraction of sp³-hybridized carbons (Fsp3) is 0.889. The van der Waals surface area contributed by atoms with Crippen molar-refractivity contribution < 1.29 is 34.0 Å². The molecule has 0 aliphatic heterocycles. The van der Waals surface area contributed by atoms with E-state index in [2.05, 4.69) is 5.32 Å². The highest BCUT2D eigenvalue weighted by Gasteiger charge is 2.26. The van der Waals surface area contributed by atoms with Crippen molar-refractivity contribution in [3.05, 3.63) is 0 Å². The van der Waals surface area contributed by atoms with Gasteiger partial charge in [-0.25, -0.2) is 9.59 Å². The number of alkyl carbamates (subject to hydrolysis) is 1. The van der Waals surface area contributed by atoms with Crippen molar-refractivity contribution in [1.29, 1.82) is 0 Å². The second-order valence-electron chi connectivity index (χ2n) is 9.03. The minimum Gasteiger partial charge on any atom is -0.480 e. The van der Waals surface area contributed by atoms with Crippen LogP contribution in [-0.2, 0) is 19.0 Å². The van der Waals surface area contributed by atoms with Crippen LogP contribution in [-0.4, -0.2) is 67.0 Å². The van der Waals surface area contributed by atoms with Crippen molar-refractivity contribution in [3.63, 3.8) is 0 Å². The standard InChI is InChI=1S/C18H35NO7/c1-16(2,3)26-15(23)19-13(14(21)22)8-24-11-18(6,7)12-25-10-17(4,5)9-20/h13,20H,8-12H2,1-7H3,(H,19,23)(H,21,22). The van der Waals surface area contributed by atoms with Crippen LogP contribution in [0.4, 0.5) is 4.79 Å². The van der Waals surface area contributed by atoms with Gasteiger partial charge in [-0.3, -0.25) is 0 Å². The molecule has 0 saturated heterocycles. The van der Waals surface area contributed by atoms with E-state index in [1.54, 1.807) is 20.8 Å². The fourth-order valence-electron chi connectivity index (χ4n) is 1.77. The van der Waals surface area contributed by atoms with Crippen molar-refractivity contribution in [2.45, 2.75) is 60.1 Å². The summed E-state index contributed by atoms with van der Waals surface area (Å²) in [7, 11) is 0. The molecule has 0 aromatic heterocycles. The van der Waals surface area contributed by atoms with E-state index in [-0.39, 0.29) is 30.7 Å². The molecule has 0 aromatic rings. The smallest absolute Gasteiger partial charge is 0.408 e. The van der Waals surface area contributed by atoms with Gasteiger partial charge in [0, 0.05) is 10.8 Å². The number of hydrogen-bond donors (Lipinski definition) is 3. The van der Waals surface area contributed by atoms with E-state index in [0.717, 1.165) is 0 Å². The molecule has 1 atom stereocenters. The zero-order valence-electron chi connectivity index (χ0n) is 17.0. The molecular weight excluding hydrogens is 342 g/mol. The summed E-state index contributed by atoms with van der Waals surface area (Å²) in [5.41, 5.74) is -1.38. The summed E-state index contributed by atoms with van der Waals surface area (Å²) in [6, 6.07) is -1.20. The van der Waals surface area contributed by atoms with Crippen LogP contribution in [0.5, 0.6) is 0 Å². The Morgan fingerprint density at radius 3 is 1.88 bits per heavy atom. The third kappa shape index (κ3) is 12.1. The lowest BCUT2D eigenvalue weighted by atomic mass is 9.94. The molecule has 3 N–H and O–H groups in total. The third-order valence-corrected chi connectivity index (χ3v) is 3.18. The number of carboxylic acids is 1. The fourth-order valence-corrected chi connectivity index (χ4v) is 1.77. The molecule has 0 spiro atoms. The Morgan fingerprint density at radius 2 is 1.42 bits per heavy atom. The van der Waals surface area contributed by atoms with E-state index in [9.17, 15) is 19.8 Å². The zero-order chi connectivity index (χ0) is 20.6. The zero-order valence-corrected chi connectivity index (χ0v) is 17.0. The quantitative estimate of drug-likeness (QED) is 0.505. The average Bonchev–Trinajstić information content (AvgIpc) is 2.43. The number of aliphatic hydroxyl groups is 1. The van der Waals surface area contributed by atoms with E-state index in [1.807, 2.05) is 27.7 Å². The van der Waals surface area contributed by atoms with Gasteiger partial charge in [0.15, 0.2) is 6.04 Å². The first-order valence-electron chi connectivity index (χ1n) is 8.66. The van der Waals surface area contributed by atoms with Gasteiger partial charge >= 0.3 is 12.1 Å². The Kier molecular flexibility index (Phi) is 9.55. The highest BCUT2D eigenvalue weighted by Crippen LogP contribution is 2.20. The number of hydrogen-bond acceptors (Lipinski definition) is 6. The number of nitrogens with one attached hydrogen (secondary N) is 1. The molecule has 0 bridgehead atoms. The van der Waals surface area contributed by atoms with Gasteiger partial charge in [-0.1, -0.05) is 27.7 Å². The molecule has 1 unspecified atom stereocenters. The third-order valence-electron chi connectivity index (χ3n) is 3.18. The Morgan fingerprint density at radius 1 is 0.923 bits per heavy atom. The lowest BCUT2D eigenvalue weighted by Crippen LogP contribution is -2.46.